The molecule has 0 aliphatic carbocycles. The Labute approximate surface area is 118 Å². The van der Waals surface area contributed by atoms with E-state index >= 15 is 0 Å². The first-order valence-corrected chi connectivity index (χ1v) is 7.19. The molecule has 1 aromatic heterocycles. The van der Waals surface area contributed by atoms with E-state index in [9.17, 15) is 14.7 Å². The van der Waals surface area contributed by atoms with Gasteiger partial charge in [-0.25, -0.2) is 4.98 Å². The van der Waals surface area contributed by atoms with E-state index in [2.05, 4.69) is 26.2 Å². The number of carboxylic acids is 1. The summed E-state index contributed by atoms with van der Waals surface area (Å²) in [7, 11) is 0. The van der Waals surface area contributed by atoms with Crippen molar-refractivity contribution in [1.82, 2.24) is 4.98 Å². The van der Waals surface area contributed by atoms with Crippen LogP contribution in [0.2, 0.25) is 0 Å². The third kappa shape index (κ3) is 3.52. The van der Waals surface area contributed by atoms with Crippen molar-refractivity contribution in [2.45, 2.75) is 33.1 Å². The molecule has 0 saturated carbocycles. The van der Waals surface area contributed by atoms with Crippen molar-refractivity contribution in [2.75, 3.05) is 5.32 Å². The maximum atomic E-state index is 11.8. The van der Waals surface area contributed by atoms with E-state index < -0.39 is 11.4 Å². The number of aliphatic carboxylic acids is 1. The number of amides is 1. The number of rotatable bonds is 6. The molecule has 1 amide bonds. The predicted molar refractivity (Wildman–Crippen MR) is 73.7 cm³/mol. The summed E-state index contributed by atoms with van der Waals surface area (Å²) < 4.78 is 0.813. The lowest BCUT2D eigenvalue weighted by atomic mass is 9.79. The van der Waals surface area contributed by atoms with Gasteiger partial charge >= 0.3 is 5.97 Å². The first-order valence-electron chi connectivity index (χ1n) is 5.58. The first-order chi connectivity index (χ1) is 8.43. The van der Waals surface area contributed by atoms with E-state index in [1.54, 1.807) is 20.0 Å². The van der Waals surface area contributed by atoms with E-state index in [-0.39, 0.29) is 12.3 Å². The number of halogens is 1. The van der Waals surface area contributed by atoms with Crippen LogP contribution in [-0.4, -0.2) is 22.0 Å². The van der Waals surface area contributed by atoms with E-state index in [4.69, 9.17) is 0 Å². The molecule has 1 heterocycles. The number of hydrogen-bond donors (Lipinski definition) is 2. The summed E-state index contributed by atoms with van der Waals surface area (Å²) in [6, 6.07) is 0. The highest BCUT2D eigenvalue weighted by Crippen LogP contribution is 2.32. The fraction of sp³-hybridized carbons (Fsp3) is 0.545. The monoisotopic (exact) mass is 334 g/mol. The topological polar surface area (TPSA) is 79.3 Å². The van der Waals surface area contributed by atoms with Crippen LogP contribution in [0, 0.1) is 5.41 Å². The smallest absolute Gasteiger partial charge is 0.310 e. The van der Waals surface area contributed by atoms with Gasteiger partial charge in [-0.1, -0.05) is 25.2 Å². The summed E-state index contributed by atoms with van der Waals surface area (Å²) in [5.74, 6) is -1.24. The minimum atomic E-state index is -0.988. The van der Waals surface area contributed by atoms with Gasteiger partial charge in [0.25, 0.3) is 0 Å². The van der Waals surface area contributed by atoms with Gasteiger partial charge in [-0.3, -0.25) is 9.59 Å². The van der Waals surface area contributed by atoms with Crippen molar-refractivity contribution in [3.63, 3.8) is 0 Å². The van der Waals surface area contributed by atoms with Crippen molar-refractivity contribution >= 4 is 44.3 Å². The van der Waals surface area contributed by atoms with Crippen molar-refractivity contribution in [2.24, 2.45) is 5.41 Å². The van der Waals surface area contributed by atoms with Gasteiger partial charge in [0.05, 0.1) is 15.4 Å². The Morgan fingerprint density at radius 1 is 1.50 bits per heavy atom. The summed E-state index contributed by atoms with van der Waals surface area (Å²) >= 11 is 4.54. The molecule has 0 atom stereocenters. The number of aromatic nitrogens is 1. The van der Waals surface area contributed by atoms with Gasteiger partial charge < -0.3 is 10.4 Å². The molecule has 0 aliphatic heterocycles. The van der Waals surface area contributed by atoms with E-state index in [1.165, 1.54) is 11.3 Å². The van der Waals surface area contributed by atoms with Gasteiger partial charge in [0.1, 0.15) is 0 Å². The number of carbonyl (C=O) groups is 2. The predicted octanol–water partition coefficient (Wildman–Crippen LogP) is 3.13. The van der Waals surface area contributed by atoms with Crippen LogP contribution < -0.4 is 5.32 Å². The molecule has 18 heavy (non-hydrogen) atoms. The normalized spacial score (nSPS) is 11.3. The van der Waals surface area contributed by atoms with Crippen LogP contribution in [0.3, 0.4) is 0 Å². The Kier molecular flexibility index (Phi) is 5.28. The van der Waals surface area contributed by atoms with Crippen LogP contribution in [-0.2, 0) is 9.59 Å². The van der Waals surface area contributed by atoms with Gasteiger partial charge in [0, 0.05) is 6.42 Å². The molecular formula is C11H15BrN2O3S. The molecule has 0 aromatic carbocycles. The molecule has 1 rings (SSSR count). The van der Waals surface area contributed by atoms with Gasteiger partial charge in [-0.2, -0.15) is 0 Å². The van der Waals surface area contributed by atoms with E-state index in [0.717, 1.165) is 3.79 Å². The molecule has 0 radical (unpaired) electrons. The van der Waals surface area contributed by atoms with Crippen molar-refractivity contribution in [1.29, 1.82) is 0 Å². The Bertz CT molecular complexity index is 443. The third-order valence-electron chi connectivity index (χ3n) is 3.03. The van der Waals surface area contributed by atoms with Gasteiger partial charge in [-0.15, -0.1) is 0 Å². The summed E-state index contributed by atoms with van der Waals surface area (Å²) in [6.07, 6.45) is 2.40. The van der Waals surface area contributed by atoms with Crippen LogP contribution in [0.1, 0.15) is 33.1 Å². The molecule has 2 N–H and O–H groups in total. The summed E-state index contributed by atoms with van der Waals surface area (Å²) in [5, 5.41) is 12.3. The molecule has 7 heteroatoms. The van der Waals surface area contributed by atoms with E-state index in [1.807, 2.05) is 0 Å². The molecule has 0 aliphatic rings. The van der Waals surface area contributed by atoms with Gasteiger partial charge in [0.15, 0.2) is 5.13 Å². The molecular weight excluding hydrogens is 320 g/mol. The number of hydrogen-bond acceptors (Lipinski definition) is 4. The van der Waals surface area contributed by atoms with Gasteiger partial charge in [0.2, 0.25) is 5.91 Å². The van der Waals surface area contributed by atoms with Gasteiger partial charge in [-0.05, 0) is 28.8 Å². The quantitative estimate of drug-likeness (QED) is 0.837. The zero-order valence-electron chi connectivity index (χ0n) is 10.2. The average Bonchev–Trinajstić information content (AvgIpc) is 2.71. The number of thiazole rings is 1. The number of nitrogens with one attached hydrogen (secondary N) is 1. The fourth-order valence-corrected chi connectivity index (χ4v) is 2.78. The number of nitrogens with zero attached hydrogens (tertiary/aromatic N) is 1. The molecule has 1 aromatic rings. The van der Waals surface area contributed by atoms with Crippen LogP contribution in [0.25, 0.3) is 0 Å². The maximum absolute atomic E-state index is 11.8. The highest BCUT2D eigenvalue weighted by Gasteiger charge is 2.37. The Morgan fingerprint density at radius 3 is 2.50 bits per heavy atom. The number of carbonyl (C=O) groups excluding carboxylic acids is 1. The van der Waals surface area contributed by atoms with E-state index in [0.29, 0.717) is 18.0 Å². The molecule has 100 valence electrons. The molecule has 0 saturated heterocycles. The minimum absolute atomic E-state index is 0.0352. The number of anilines is 1. The Hall–Kier alpha value is -0.950. The van der Waals surface area contributed by atoms with Crippen molar-refractivity contribution in [3.8, 4) is 0 Å². The third-order valence-corrected chi connectivity index (χ3v) is 4.42. The fourth-order valence-electron chi connectivity index (χ4n) is 1.66. The summed E-state index contributed by atoms with van der Waals surface area (Å²) in [4.78, 5) is 27.1. The summed E-state index contributed by atoms with van der Waals surface area (Å²) in [6.45, 7) is 3.57. The van der Waals surface area contributed by atoms with Crippen LogP contribution in [0.5, 0.6) is 0 Å². The Balaban J connectivity index is 2.70. The molecule has 5 nitrogen and oxygen atoms in total. The average molecular weight is 335 g/mol. The minimum Gasteiger partial charge on any atom is -0.481 e. The second-order valence-corrected chi connectivity index (χ2v) is 6.40. The van der Waals surface area contributed by atoms with Crippen LogP contribution >= 0.6 is 27.3 Å². The number of carboxylic acid groups (broad SMARTS) is 1. The second-order valence-electron chi connectivity index (χ2n) is 3.99. The highest BCUT2D eigenvalue weighted by atomic mass is 79.9. The molecule has 0 bridgehead atoms. The van der Waals surface area contributed by atoms with Crippen LogP contribution in [0.15, 0.2) is 9.98 Å². The second kappa shape index (κ2) is 6.29. The maximum Gasteiger partial charge on any atom is 0.310 e. The standard InChI is InChI=1S/C11H15BrN2O3S/c1-3-11(4-2,9(16)17)5-8(15)14-10-13-6-7(12)18-10/h6H,3-5H2,1-2H3,(H,16,17)(H,13,14,15). The lowest BCUT2D eigenvalue weighted by Crippen LogP contribution is -2.34. The Morgan fingerprint density at radius 2 is 2.11 bits per heavy atom. The lowest BCUT2D eigenvalue weighted by Gasteiger charge is -2.25. The zero-order chi connectivity index (χ0) is 13.8. The largest absolute Gasteiger partial charge is 0.481 e. The first kappa shape index (κ1) is 15.1. The van der Waals surface area contributed by atoms with Crippen molar-refractivity contribution in [3.05, 3.63) is 9.98 Å². The molecule has 0 fully saturated rings. The van der Waals surface area contributed by atoms with Crippen LogP contribution in [0.4, 0.5) is 5.13 Å². The lowest BCUT2D eigenvalue weighted by molar-refractivity contribution is -0.151. The highest BCUT2D eigenvalue weighted by molar-refractivity contribution is 9.11. The molecule has 0 spiro atoms. The van der Waals surface area contributed by atoms with Crippen molar-refractivity contribution < 1.29 is 14.7 Å². The molecule has 0 unspecified atom stereocenters. The SMILES string of the molecule is CCC(CC)(CC(=O)Nc1ncc(Br)s1)C(=O)O. The summed E-state index contributed by atoms with van der Waals surface area (Å²) in [5.41, 5.74) is -0.988. The zero-order valence-corrected chi connectivity index (χ0v) is 12.6.